The standard InChI is InChI=1S/C15H19BrN2O5/c1-4-21-13-7-11(8-17-18-10(3)19)6-12(16)15(13)23-9-14(20)22-5-2/h6-8H,4-5,9H2,1-3H3,(H,18,19)/b17-8-. The van der Waals surface area contributed by atoms with Gasteiger partial charge in [0.05, 0.1) is 23.9 Å². The van der Waals surface area contributed by atoms with Gasteiger partial charge in [0.1, 0.15) is 0 Å². The van der Waals surface area contributed by atoms with Crippen LogP contribution in [0.15, 0.2) is 21.7 Å². The number of nitrogens with one attached hydrogen (secondary N) is 1. The Morgan fingerprint density at radius 2 is 2.00 bits per heavy atom. The number of benzene rings is 1. The van der Waals surface area contributed by atoms with Gasteiger partial charge in [0.15, 0.2) is 18.1 Å². The van der Waals surface area contributed by atoms with Crippen molar-refractivity contribution >= 4 is 34.0 Å². The molecule has 0 atom stereocenters. The van der Waals surface area contributed by atoms with Gasteiger partial charge in [-0.15, -0.1) is 0 Å². The predicted octanol–water partition coefficient (Wildman–Crippen LogP) is 2.26. The van der Waals surface area contributed by atoms with E-state index in [1.807, 2.05) is 6.92 Å². The zero-order valence-corrected chi connectivity index (χ0v) is 14.8. The first-order valence-corrected chi connectivity index (χ1v) is 7.81. The number of nitrogens with zero attached hydrogens (tertiary/aromatic N) is 1. The van der Waals surface area contributed by atoms with Crippen molar-refractivity contribution in [3.05, 3.63) is 22.2 Å². The Kier molecular flexibility index (Phi) is 8.10. The van der Waals surface area contributed by atoms with Crippen molar-refractivity contribution < 1.29 is 23.8 Å². The summed E-state index contributed by atoms with van der Waals surface area (Å²) < 4.78 is 16.4. The Labute approximate surface area is 143 Å². The van der Waals surface area contributed by atoms with Crippen LogP contribution in [0.4, 0.5) is 0 Å². The molecule has 0 unspecified atom stereocenters. The van der Waals surface area contributed by atoms with Gasteiger partial charge in [0.2, 0.25) is 5.91 Å². The number of hydrogen-bond acceptors (Lipinski definition) is 6. The van der Waals surface area contributed by atoms with E-state index >= 15 is 0 Å². The minimum absolute atomic E-state index is 0.216. The van der Waals surface area contributed by atoms with Crippen LogP contribution in [0.3, 0.4) is 0 Å². The lowest BCUT2D eigenvalue weighted by atomic mass is 10.2. The van der Waals surface area contributed by atoms with Crippen molar-refractivity contribution in [1.29, 1.82) is 0 Å². The largest absolute Gasteiger partial charge is 0.490 e. The van der Waals surface area contributed by atoms with Crippen LogP contribution in [0.5, 0.6) is 11.5 Å². The third kappa shape index (κ3) is 6.68. The smallest absolute Gasteiger partial charge is 0.344 e. The van der Waals surface area contributed by atoms with E-state index in [9.17, 15) is 9.59 Å². The fraction of sp³-hybridized carbons (Fsp3) is 0.400. The number of hydrogen-bond donors (Lipinski definition) is 1. The van der Waals surface area contributed by atoms with Crippen LogP contribution in [-0.4, -0.2) is 37.9 Å². The molecule has 0 fully saturated rings. The Morgan fingerprint density at radius 3 is 2.61 bits per heavy atom. The van der Waals surface area contributed by atoms with E-state index < -0.39 is 5.97 Å². The highest BCUT2D eigenvalue weighted by molar-refractivity contribution is 9.10. The van der Waals surface area contributed by atoms with Crippen LogP contribution < -0.4 is 14.9 Å². The fourth-order valence-corrected chi connectivity index (χ4v) is 2.17. The normalized spacial score (nSPS) is 10.4. The second kappa shape index (κ2) is 9.83. The highest BCUT2D eigenvalue weighted by Gasteiger charge is 2.14. The molecule has 1 aromatic carbocycles. The Bertz CT molecular complexity index is 589. The molecule has 0 aliphatic rings. The summed E-state index contributed by atoms with van der Waals surface area (Å²) in [5, 5.41) is 3.80. The van der Waals surface area contributed by atoms with Gasteiger partial charge in [0, 0.05) is 6.92 Å². The molecule has 1 aromatic rings. The average molecular weight is 387 g/mol. The van der Waals surface area contributed by atoms with Crippen molar-refractivity contribution in [3.8, 4) is 11.5 Å². The number of carbonyl (C=O) groups excluding carboxylic acids is 2. The zero-order valence-electron chi connectivity index (χ0n) is 13.2. The molecule has 0 bridgehead atoms. The van der Waals surface area contributed by atoms with Gasteiger partial charge >= 0.3 is 5.97 Å². The topological polar surface area (TPSA) is 86.2 Å². The molecule has 0 aliphatic carbocycles. The molecule has 1 amide bonds. The molecule has 0 aromatic heterocycles. The Hall–Kier alpha value is -2.09. The summed E-state index contributed by atoms with van der Waals surface area (Å²) in [6.45, 7) is 5.43. The van der Waals surface area contributed by atoms with Crippen molar-refractivity contribution in [2.45, 2.75) is 20.8 Å². The van der Waals surface area contributed by atoms with Crippen molar-refractivity contribution in [1.82, 2.24) is 5.43 Å². The Balaban J connectivity index is 2.94. The summed E-state index contributed by atoms with van der Waals surface area (Å²) in [6, 6.07) is 3.42. The van der Waals surface area contributed by atoms with E-state index in [1.54, 1.807) is 19.1 Å². The van der Waals surface area contributed by atoms with E-state index in [1.165, 1.54) is 13.1 Å². The maximum atomic E-state index is 11.4. The monoisotopic (exact) mass is 386 g/mol. The SMILES string of the molecule is CCOC(=O)COc1c(Br)cc(/C=N\NC(C)=O)cc1OCC. The molecule has 23 heavy (non-hydrogen) atoms. The van der Waals surface area contributed by atoms with Crippen LogP contribution >= 0.6 is 15.9 Å². The van der Waals surface area contributed by atoms with Crippen LogP contribution in [0.1, 0.15) is 26.3 Å². The lowest BCUT2D eigenvalue weighted by Crippen LogP contribution is -2.15. The summed E-state index contributed by atoms with van der Waals surface area (Å²) in [7, 11) is 0. The molecule has 0 saturated carbocycles. The van der Waals surface area contributed by atoms with Gasteiger partial charge in [-0.1, -0.05) is 0 Å². The quantitative estimate of drug-likeness (QED) is 0.420. The molecular formula is C15H19BrN2O5. The third-order valence-electron chi connectivity index (χ3n) is 2.41. The summed E-state index contributed by atoms with van der Waals surface area (Å²) in [6.07, 6.45) is 1.48. The van der Waals surface area contributed by atoms with E-state index in [0.717, 1.165) is 0 Å². The first-order valence-electron chi connectivity index (χ1n) is 7.02. The third-order valence-corrected chi connectivity index (χ3v) is 3.00. The van der Waals surface area contributed by atoms with Gasteiger partial charge in [-0.05, 0) is 47.5 Å². The van der Waals surface area contributed by atoms with E-state index in [0.29, 0.717) is 34.7 Å². The lowest BCUT2D eigenvalue weighted by molar-refractivity contribution is -0.145. The first kappa shape index (κ1) is 19.0. The molecule has 0 spiro atoms. The minimum atomic E-state index is -0.460. The minimum Gasteiger partial charge on any atom is -0.490 e. The fourth-order valence-electron chi connectivity index (χ4n) is 1.60. The number of amides is 1. The molecular weight excluding hydrogens is 368 g/mol. The van der Waals surface area contributed by atoms with Crippen molar-refractivity contribution in [2.75, 3.05) is 19.8 Å². The zero-order chi connectivity index (χ0) is 17.2. The van der Waals surface area contributed by atoms with Gasteiger partial charge in [0.25, 0.3) is 0 Å². The van der Waals surface area contributed by atoms with Gasteiger partial charge in [-0.25, -0.2) is 10.2 Å². The predicted molar refractivity (Wildman–Crippen MR) is 88.8 cm³/mol. The molecule has 0 radical (unpaired) electrons. The summed E-state index contributed by atoms with van der Waals surface area (Å²) in [5.41, 5.74) is 3.01. The Morgan fingerprint density at radius 1 is 1.26 bits per heavy atom. The molecule has 0 saturated heterocycles. The maximum absolute atomic E-state index is 11.4. The van der Waals surface area contributed by atoms with E-state index in [-0.39, 0.29) is 12.5 Å². The number of esters is 1. The van der Waals surface area contributed by atoms with Crippen molar-refractivity contribution in [2.24, 2.45) is 5.10 Å². The van der Waals surface area contributed by atoms with Gasteiger partial charge in [-0.2, -0.15) is 5.10 Å². The summed E-state index contributed by atoms with van der Waals surface area (Å²) in [5.74, 6) is 0.130. The molecule has 126 valence electrons. The van der Waals surface area contributed by atoms with Crippen LogP contribution in [0.25, 0.3) is 0 Å². The molecule has 7 nitrogen and oxygen atoms in total. The number of ether oxygens (including phenoxy) is 3. The highest BCUT2D eigenvalue weighted by Crippen LogP contribution is 2.36. The first-order chi connectivity index (χ1) is 11.0. The van der Waals surface area contributed by atoms with Gasteiger partial charge < -0.3 is 14.2 Å². The second-order valence-electron chi connectivity index (χ2n) is 4.28. The van der Waals surface area contributed by atoms with E-state index in [4.69, 9.17) is 14.2 Å². The second-order valence-corrected chi connectivity index (χ2v) is 5.14. The van der Waals surface area contributed by atoms with Gasteiger partial charge in [-0.3, -0.25) is 4.79 Å². The molecule has 0 heterocycles. The number of rotatable bonds is 8. The summed E-state index contributed by atoms with van der Waals surface area (Å²) in [4.78, 5) is 22.2. The number of carbonyl (C=O) groups is 2. The van der Waals surface area contributed by atoms with Crippen LogP contribution in [0, 0.1) is 0 Å². The number of hydrazone groups is 1. The highest BCUT2D eigenvalue weighted by atomic mass is 79.9. The van der Waals surface area contributed by atoms with Crippen LogP contribution in [0.2, 0.25) is 0 Å². The number of halogens is 1. The van der Waals surface area contributed by atoms with E-state index in [2.05, 4.69) is 26.5 Å². The summed E-state index contributed by atoms with van der Waals surface area (Å²) >= 11 is 3.37. The average Bonchev–Trinajstić information content (AvgIpc) is 2.46. The van der Waals surface area contributed by atoms with Crippen LogP contribution in [-0.2, 0) is 14.3 Å². The molecule has 1 N–H and O–H groups in total. The lowest BCUT2D eigenvalue weighted by Gasteiger charge is -2.14. The molecule has 8 heteroatoms. The molecule has 1 rings (SSSR count). The van der Waals surface area contributed by atoms with Crippen molar-refractivity contribution in [3.63, 3.8) is 0 Å². The molecule has 0 aliphatic heterocycles. The maximum Gasteiger partial charge on any atom is 0.344 e.